The topological polar surface area (TPSA) is 106 Å². The maximum Gasteiger partial charge on any atom is 0.308 e. The van der Waals surface area contributed by atoms with Crippen molar-refractivity contribution in [3.05, 3.63) is 38.5 Å². The highest BCUT2D eigenvalue weighted by Gasteiger charge is 2.15. The van der Waals surface area contributed by atoms with E-state index < -0.39 is 10.9 Å². The molecule has 0 aliphatic rings. The van der Waals surface area contributed by atoms with E-state index in [1.165, 1.54) is 29.3 Å². The van der Waals surface area contributed by atoms with Crippen molar-refractivity contribution in [3.8, 4) is 0 Å². The zero-order valence-electron chi connectivity index (χ0n) is 11.2. The van der Waals surface area contributed by atoms with Crippen molar-refractivity contribution in [3.63, 3.8) is 0 Å². The van der Waals surface area contributed by atoms with Crippen LogP contribution < -0.4 is 0 Å². The summed E-state index contributed by atoms with van der Waals surface area (Å²) in [5.41, 5.74) is 1.18. The molecule has 0 saturated carbocycles. The van der Waals surface area contributed by atoms with E-state index in [1.807, 2.05) is 0 Å². The summed E-state index contributed by atoms with van der Waals surface area (Å²) in [4.78, 5) is 30.0. The molecule has 7 nitrogen and oxygen atoms in total. The summed E-state index contributed by atoms with van der Waals surface area (Å²) >= 11 is 2.56. The van der Waals surface area contributed by atoms with Gasteiger partial charge in [-0.25, -0.2) is 9.97 Å². The number of carbonyl (C=O) groups is 1. The second-order valence-corrected chi connectivity index (χ2v) is 6.58. The van der Waals surface area contributed by atoms with E-state index in [0.29, 0.717) is 25.5 Å². The van der Waals surface area contributed by atoms with Gasteiger partial charge in [0.05, 0.1) is 17.0 Å². The minimum atomic E-state index is -0.900. The summed E-state index contributed by atoms with van der Waals surface area (Å²) < 4.78 is 0.671. The minimum absolute atomic E-state index is 0.0266. The molecule has 110 valence electrons. The first-order chi connectivity index (χ1) is 9.86. The Morgan fingerprint density at radius 2 is 2.24 bits per heavy atom. The second kappa shape index (κ2) is 6.19. The molecule has 0 atom stereocenters. The molecule has 1 N–H and O–H groups in total. The van der Waals surface area contributed by atoms with E-state index in [-0.39, 0.29) is 12.1 Å². The molecule has 2 aromatic heterocycles. The van der Waals surface area contributed by atoms with Crippen LogP contribution in [0.2, 0.25) is 0 Å². The summed E-state index contributed by atoms with van der Waals surface area (Å²) in [5.74, 6) is -0.900. The molecular formula is C12H11N3O4S2. The van der Waals surface area contributed by atoms with E-state index in [4.69, 9.17) is 5.11 Å². The molecule has 0 aliphatic heterocycles. The van der Waals surface area contributed by atoms with Gasteiger partial charge >= 0.3 is 5.97 Å². The van der Waals surface area contributed by atoms with Crippen LogP contribution >= 0.6 is 23.1 Å². The average molecular weight is 325 g/mol. The largest absolute Gasteiger partial charge is 0.481 e. The molecule has 0 radical (unpaired) electrons. The van der Waals surface area contributed by atoms with E-state index in [0.717, 1.165) is 0 Å². The van der Waals surface area contributed by atoms with Gasteiger partial charge in [-0.2, -0.15) is 0 Å². The van der Waals surface area contributed by atoms with Crippen LogP contribution in [0.4, 0.5) is 5.69 Å². The number of hydrogen-bond acceptors (Lipinski definition) is 7. The number of carboxylic acids is 1. The van der Waals surface area contributed by atoms with Crippen LogP contribution in [0.15, 0.2) is 21.6 Å². The predicted molar refractivity (Wildman–Crippen MR) is 77.9 cm³/mol. The Bertz CT molecular complexity index is 715. The highest BCUT2D eigenvalue weighted by atomic mass is 32.2. The molecule has 0 spiro atoms. The lowest BCUT2D eigenvalue weighted by atomic mass is 10.3. The summed E-state index contributed by atoms with van der Waals surface area (Å²) in [7, 11) is 0. The van der Waals surface area contributed by atoms with Gasteiger partial charge in [-0.3, -0.25) is 14.9 Å². The molecule has 2 aromatic rings. The number of nitro groups is 1. The number of thiazole rings is 1. The number of nitrogens with zero attached hydrogens (tertiary/aromatic N) is 3. The van der Waals surface area contributed by atoms with Gasteiger partial charge in [0.2, 0.25) is 0 Å². The quantitative estimate of drug-likeness (QED) is 0.665. The first-order valence-corrected chi connectivity index (χ1v) is 7.47. The molecule has 2 heterocycles. The lowest BCUT2D eigenvalue weighted by Crippen LogP contribution is -1.99. The monoisotopic (exact) mass is 325 g/mol. The van der Waals surface area contributed by atoms with Crippen molar-refractivity contribution in [2.24, 2.45) is 0 Å². The third-order valence-electron chi connectivity index (χ3n) is 2.63. The highest BCUT2D eigenvalue weighted by molar-refractivity contribution is 8.01. The van der Waals surface area contributed by atoms with Crippen LogP contribution in [0.1, 0.15) is 16.1 Å². The fraction of sp³-hybridized carbons (Fsp3) is 0.250. The van der Waals surface area contributed by atoms with Gasteiger partial charge in [-0.05, 0) is 31.7 Å². The third-order valence-corrected chi connectivity index (χ3v) is 4.78. The Hall–Kier alpha value is -2.00. The fourth-order valence-corrected chi connectivity index (χ4v) is 3.82. The molecule has 0 unspecified atom stereocenters. The first kappa shape index (κ1) is 15.4. The Kier molecular flexibility index (Phi) is 4.53. The maximum atomic E-state index is 10.7. The molecule has 9 heteroatoms. The van der Waals surface area contributed by atoms with Crippen LogP contribution in [0, 0.1) is 24.0 Å². The van der Waals surface area contributed by atoms with Gasteiger partial charge < -0.3 is 5.11 Å². The van der Waals surface area contributed by atoms with Crippen molar-refractivity contribution in [1.29, 1.82) is 0 Å². The predicted octanol–water partition coefficient (Wildman–Crippen LogP) is 2.84. The summed E-state index contributed by atoms with van der Waals surface area (Å²) in [6.07, 6.45) is 1.16. The summed E-state index contributed by atoms with van der Waals surface area (Å²) in [5, 5.41) is 20.1. The number of aliphatic carboxylic acids is 1. The molecular weight excluding hydrogens is 314 g/mol. The standard InChI is InChI=1S/C12H11N3O4S2/c1-6-3-10(13-5-8(6)15(18)19)21-12-14-7(2)9(20-12)4-11(16)17/h3,5H,4H2,1-2H3,(H,16,17). The number of hydrogen-bond donors (Lipinski definition) is 1. The van der Waals surface area contributed by atoms with E-state index in [1.54, 1.807) is 19.9 Å². The van der Waals surface area contributed by atoms with Crippen molar-refractivity contribution >= 4 is 34.8 Å². The molecule has 21 heavy (non-hydrogen) atoms. The Morgan fingerprint density at radius 1 is 1.52 bits per heavy atom. The molecule has 0 aromatic carbocycles. The Morgan fingerprint density at radius 3 is 2.81 bits per heavy atom. The Balaban J connectivity index is 2.20. The van der Waals surface area contributed by atoms with Crippen molar-refractivity contribution in [2.45, 2.75) is 29.6 Å². The Labute approximate surface area is 128 Å². The number of aromatic nitrogens is 2. The third kappa shape index (κ3) is 3.76. The zero-order valence-corrected chi connectivity index (χ0v) is 12.8. The van der Waals surface area contributed by atoms with Crippen molar-refractivity contribution < 1.29 is 14.8 Å². The van der Waals surface area contributed by atoms with E-state index in [2.05, 4.69) is 9.97 Å². The number of rotatable bonds is 5. The minimum Gasteiger partial charge on any atom is -0.481 e. The van der Waals surface area contributed by atoms with Crippen LogP contribution in [-0.2, 0) is 11.2 Å². The molecule has 0 amide bonds. The number of pyridine rings is 1. The maximum absolute atomic E-state index is 10.7. The second-order valence-electron chi connectivity index (χ2n) is 4.23. The van der Waals surface area contributed by atoms with Crippen LogP contribution in [0.25, 0.3) is 0 Å². The smallest absolute Gasteiger partial charge is 0.308 e. The number of aryl methyl sites for hydroxylation is 2. The summed E-state index contributed by atoms with van der Waals surface area (Å²) in [6.45, 7) is 3.40. The molecule has 0 saturated heterocycles. The normalized spacial score (nSPS) is 10.6. The van der Waals surface area contributed by atoms with E-state index in [9.17, 15) is 14.9 Å². The molecule has 2 rings (SSSR count). The summed E-state index contributed by atoms with van der Waals surface area (Å²) in [6, 6.07) is 1.62. The van der Waals surface area contributed by atoms with Crippen LogP contribution in [-0.4, -0.2) is 26.0 Å². The zero-order chi connectivity index (χ0) is 15.6. The van der Waals surface area contributed by atoms with Gasteiger partial charge in [0.1, 0.15) is 11.2 Å². The fourth-order valence-electron chi connectivity index (χ4n) is 1.61. The van der Waals surface area contributed by atoms with Gasteiger partial charge in [-0.1, -0.05) is 0 Å². The van der Waals surface area contributed by atoms with Gasteiger partial charge in [0, 0.05) is 10.4 Å². The molecule has 0 fully saturated rings. The van der Waals surface area contributed by atoms with Crippen molar-refractivity contribution in [2.75, 3.05) is 0 Å². The van der Waals surface area contributed by atoms with Gasteiger partial charge in [-0.15, -0.1) is 11.3 Å². The SMILES string of the molecule is Cc1cc(Sc2nc(C)c(CC(=O)O)s2)ncc1[N+](=O)[O-]. The lowest BCUT2D eigenvalue weighted by Gasteiger charge is -1.99. The van der Waals surface area contributed by atoms with E-state index >= 15 is 0 Å². The number of carboxylic acid groups (broad SMARTS) is 1. The first-order valence-electron chi connectivity index (χ1n) is 5.84. The van der Waals surface area contributed by atoms with Crippen molar-refractivity contribution in [1.82, 2.24) is 9.97 Å². The molecule has 0 aliphatic carbocycles. The molecule has 0 bridgehead atoms. The van der Waals surface area contributed by atoms with Gasteiger partial charge in [0.25, 0.3) is 5.69 Å². The lowest BCUT2D eigenvalue weighted by molar-refractivity contribution is -0.385. The van der Waals surface area contributed by atoms with Crippen LogP contribution in [0.5, 0.6) is 0 Å². The van der Waals surface area contributed by atoms with Crippen LogP contribution in [0.3, 0.4) is 0 Å². The highest BCUT2D eigenvalue weighted by Crippen LogP contribution is 2.33. The van der Waals surface area contributed by atoms with Gasteiger partial charge in [0.15, 0.2) is 4.34 Å². The average Bonchev–Trinajstić information content (AvgIpc) is 2.68.